The molecule has 3 aromatic heterocycles. The first-order valence-electron chi connectivity index (χ1n) is 19.8. The van der Waals surface area contributed by atoms with Crippen LogP contribution >= 0.6 is 11.6 Å². The largest absolute Gasteiger partial charge is 0.485 e. The number of hydrogen-bond acceptors (Lipinski definition) is 10. The second-order valence-electron chi connectivity index (χ2n) is 14.8. The van der Waals surface area contributed by atoms with Crippen LogP contribution in [0.3, 0.4) is 0 Å². The van der Waals surface area contributed by atoms with Crippen molar-refractivity contribution in [3.8, 4) is 17.1 Å². The van der Waals surface area contributed by atoms with Gasteiger partial charge in [0, 0.05) is 31.7 Å². The van der Waals surface area contributed by atoms with Crippen molar-refractivity contribution < 1.29 is 32.2 Å². The number of rotatable bonds is 10. The number of anilines is 2. The topological polar surface area (TPSA) is 149 Å². The van der Waals surface area contributed by atoms with Crippen LogP contribution in [-0.2, 0) is 41.7 Å². The van der Waals surface area contributed by atoms with Gasteiger partial charge in [0.25, 0.3) is 11.5 Å². The number of alkyl halides is 3. The Kier molecular flexibility index (Phi) is 11.5. The number of aryl methyl sites for hydroxylation is 1. The van der Waals surface area contributed by atoms with Crippen molar-refractivity contribution >= 4 is 40.6 Å². The Morgan fingerprint density at radius 3 is 2.51 bits per heavy atom. The van der Waals surface area contributed by atoms with Crippen LogP contribution in [0.25, 0.3) is 17.2 Å². The van der Waals surface area contributed by atoms with E-state index < -0.39 is 23.2 Å². The number of benzene rings is 3. The Balaban J connectivity index is 1.11. The zero-order valence-corrected chi connectivity index (χ0v) is 34.3. The summed E-state index contributed by atoms with van der Waals surface area (Å²) in [5.74, 6) is -0.318. The van der Waals surface area contributed by atoms with Crippen LogP contribution < -0.4 is 20.5 Å². The van der Waals surface area contributed by atoms with Gasteiger partial charge >= 0.3 is 6.18 Å². The minimum absolute atomic E-state index is 0.0160. The second kappa shape index (κ2) is 17.0. The van der Waals surface area contributed by atoms with E-state index in [1.807, 2.05) is 67.3 Å². The molecule has 5 heterocycles. The van der Waals surface area contributed by atoms with Gasteiger partial charge < -0.3 is 29.2 Å². The minimum atomic E-state index is -4.62. The highest BCUT2D eigenvalue weighted by molar-refractivity contribution is 6.33. The smallest absolute Gasteiger partial charge is 0.416 e. The van der Waals surface area contributed by atoms with Gasteiger partial charge in [-0.25, -0.2) is 9.97 Å². The SMILES string of the molecule is CCc1c(N2CCN(C(=O)c3ncnc(C)c3OCc3ccccc3)CC2)c(=O)n2nc(-c3ccc4c(c3)CCOC4C)nc2n1CC(=O)Nc1ccc(C(F)(F)F)cc1Cl. The average Bonchev–Trinajstić information content (AvgIpc) is 3.71. The van der Waals surface area contributed by atoms with Crippen LogP contribution in [0, 0.1) is 6.92 Å². The molecule has 1 atom stereocenters. The fourth-order valence-electron chi connectivity index (χ4n) is 7.77. The average molecular weight is 856 g/mol. The molecule has 6 aromatic rings. The van der Waals surface area contributed by atoms with Gasteiger partial charge in [0.1, 0.15) is 25.2 Å². The maximum Gasteiger partial charge on any atom is 0.416 e. The lowest BCUT2D eigenvalue weighted by molar-refractivity contribution is -0.137. The molecule has 0 bridgehead atoms. The first-order chi connectivity index (χ1) is 29.3. The predicted molar refractivity (Wildman–Crippen MR) is 221 cm³/mol. The molecular formula is C43H41ClF3N9O5. The van der Waals surface area contributed by atoms with Crippen LogP contribution in [0.1, 0.15) is 64.1 Å². The van der Waals surface area contributed by atoms with Gasteiger partial charge in [-0.15, -0.1) is 5.10 Å². The number of nitrogens with one attached hydrogen (secondary N) is 1. The molecule has 316 valence electrons. The number of amides is 2. The van der Waals surface area contributed by atoms with Gasteiger partial charge in [-0.1, -0.05) is 61.0 Å². The molecule has 0 saturated carbocycles. The zero-order chi connectivity index (χ0) is 43.0. The molecule has 2 aliphatic rings. The number of hydrogen-bond donors (Lipinski definition) is 1. The molecule has 0 aliphatic carbocycles. The number of ether oxygens (including phenoxy) is 2. The van der Waals surface area contributed by atoms with Crippen LogP contribution in [0.15, 0.2) is 77.9 Å². The first-order valence-corrected chi connectivity index (χ1v) is 20.1. The number of halogens is 4. The summed E-state index contributed by atoms with van der Waals surface area (Å²) in [6.45, 7) is 6.93. The molecule has 3 aromatic carbocycles. The van der Waals surface area contributed by atoms with Gasteiger partial charge in [-0.05, 0) is 67.6 Å². The Morgan fingerprint density at radius 1 is 1.02 bits per heavy atom. The van der Waals surface area contributed by atoms with E-state index in [1.54, 1.807) is 16.4 Å². The summed E-state index contributed by atoms with van der Waals surface area (Å²) < 4.78 is 54.7. The summed E-state index contributed by atoms with van der Waals surface area (Å²) in [5.41, 5.74) is 3.68. The van der Waals surface area contributed by atoms with Crippen molar-refractivity contribution in [1.29, 1.82) is 0 Å². The normalized spacial score (nSPS) is 15.5. The van der Waals surface area contributed by atoms with E-state index in [9.17, 15) is 27.6 Å². The summed E-state index contributed by atoms with van der Waals surface area (Å²) in [6.07, 6.45) is -2.40. The van der Waals surface area contributed by atoms with Crippen molar-refractivity contribution in [3.05, 3.63) is 128 Å². The number of carbonyl (C=O) groups is 2. The third kappa shape index (κ3) is 8.39. The molecule has 2 amide bonds. The quantitative estimate of drug-likeness (QED) is 0.158. The van der Waals surface area contributed by atoms with Crippen molar-refractivity contribution in [1.82, 2.24) is 34.0 Å². The van der Waals surface area contributed by atoms with E-state index in [0.29, 0.717) is 35.7 Å². The highest BCUT2D eigenvalue weighted by Gasteiger charge is 2.33. The Morgan fingerprint density at radius 2 is 1.79 bits per heavy atom. The molecular weight excluding hydrogens is 815 g/mol. The van der Waals surface area contributed by atoms with E-state index in [4.69, 9.17) is 26.1 Å². The molecule has 0 radical (unpaired) electrons. The van der Waals surface area contributed by atoms with Gasteiger partial charge in [0.15, 0.2) is 17.3 Å². The van der Waals surface area contributed by atoms with Crippen molar-refractivity contribution in [2.45, 2.75) is 59.0 Å². The van der Waals surface area contributed by atoms with E-state index in [1.165, 1.54) is 10.8 Å². The second-order valence-corrected chi connectivity index (χ2v) is 15.2. The lowest BCUT2D eigenvalue weighted by Crippen LogP contribution is -2.51. The third-order valence-corrected chi connectivity index (χ3v) is 11.2. The molecule has 61 heavy (non-hydrogen) atoms. The van der Waals surface area contributed by atoms with Crippen molar-refractivity contribution in [2.75, 3.05) is 43.0 Å². The summed E-state index contributed by atoms with van der Waals surface area (Å²) in [6, 6.07) is 18.0. The first kappa shape index (κ1) is 41.4. The molecule has 8 rings (SSSR count). The molecule has 18 heteroatoms. The van der Waals surface area contributed by atoms with Gasteiger partial charge in [-0.2, -0.15) is 22.7 Å². The fourth-order valence-corrected chi connectivity index (χ4v) is 8.00. The Bertz CT molecular complexity index is 2700. The number of piperazine rings is 1. The zero-order valence-electron chi connectivity index (χ0n) is 33.5. The monoisotopic (exact) mass is 855 g/mol. The van der Waals surface area contributed by atoms with Crippen molar-refractivity contribution in [2.24, 2.45) is 0 Å². The van der Waals surface area contributed by atoms with E-state index in [2.05, 4.69) is 20.4 Å². The highest BCUT2D eigenvalue weighted by Crippen LogP contribution is 2.35. The van der Waals surface area contributed by atoms with Crippen LogP contribution in [0.4, 0.5) is 24.5 Å². The summed E-state index contributed by atoms with van der Waals surface area (Å²) in [4.78, 5) is 59.2. The van der Waals surface area contributed by atoms with E-state index in [-0.39, 0.29) is 91.5 Å². The predicted octanol–water partition coefficient (Wildman–Crippen LogP) is 6.70. The van der Waals surface area contributed by atoms with E-state index in [0.717, 1.165) is 34.9 Å². The molecule has 2 aliphatic heterocycles. The molecule has 1 N–H and O–H groups in total. The molecule has 0 spiro atoms. The van der Waals surface area contributed by atoms with Gasteiger partial charge in [0.05, 0.1) is 40.4 Å². The van der Waals surface area contributed by atoms with Crippen LogP contribution in [-0.4, -0.2) is 78.6 Å². The molecule has 1 fully saturated rings. The maximum absolute atomic E-state index is 14.6. The molecule has 14 nitrogen and oxygen atoms in total. The number of nitrogens with zero attached hydrogens (tertiary/aromatic N) is 8. The minimum Gasteiger partial charge on any atom is -0.485 e. The lowest BCUT2D eigenvalue weighted by atomic mass is 9.96. The maximum atomic E-state index is 14.6. The number of aromatic nitrogens is 6. The molecule has 1 saturated heterocycles. The molecule has 1 unspecified atom stereocenters. The van der Waals surface area contributed by atoms with E-state index >= 15 is 0 Å². The summed E-state index contributed by atoms with van der Waals surface area (Å²) in [7, 11) is 0. The summed E-state index contributed by atoms with van der Waals surface area (Å²) >= 11 is 6.20. The van der Waals surface area contributed by atoms with Gasteiger partial charge in [-0.3, -0.25) is 14.4 Å². The highest BCUT2D eigenvalue weighted by atomic mass is 35.5. The fraction of sp³-hybridized carbons (Fsp3) is 0.326. The lowest BCUT2D eigenvalue weighted by Gasteiger charge is -2.36. The number of carbonyl (C=O) groups excluding carboxylic acids is 2. The number of fused-ring (bicyclic) bond motifs is 2. The Labute approximate surface area is 352 Å². The van der Waals surface area contributed by atoms with Crippen molar-refractivity contribution in [3.63, 3.8) is 0 Å². The summed E-state index contributed by atoms with van der Waals surface area (Å²) in [5, 5.41) is 7.01. The standard InChI is InChI=1S/C43H41ClF3N9O5/c1-4-34-37(53-15-17-54(18-16-53)40(58)36-38(25(2)48-24-49-36)61-23-27-8-6-5-7-9-27)41(59)56-42(51-39(52-56)29-10-12-31-26(3)60-19-14-28(31)20-29)55(34)22-35(57)50-33-13-11-30(21-32(33)44)43(45,46)47/h5-13,20-21,24,26H,4,14-19,22-23H2,1-3H3,(H,50,57). The van der Waals surface area contributed by atoms with Crippen LogP contribution in [0.2, 0.25) is 5.02 Å². The van der Waals surface area contributed by atoms with Gasteiger partial charge in [0.2, 0.25) is 11.7 Å². The third-order valence-electron chi connectivity index (χ3n) is 10.9. The Hall–Kier alpha value is -6.33. The van der Waals surface area contributed by atoms with Crippen LogP contribution in [0.5, 0.6) is 5.75 Å².